The first-order chi connectivity index (χ1) is 19.9. The number of aromatic nitrogens is 1. The van der Waals surface area contributed by atoms with E-state index in [0.29, 0.717) is 40.9 Å². The molecule has 0 aliphatic heterocycles. The van der Waals surface area contributed by atoms with Crippen LogP contribution in [0.1, 0.15) is 69.9 Å². The van der Waals surface area contributed by atoms with Crippen molar-refractivity contribution >= 4 is 40.8 Å². The lowest BCUT2D eigenvalue weighted by atomic mass is 9.94. The van der Waals surface area contributed by atoms with E-state index in [4.69, 9.17) is 16.3 Å². The average molecular weight is 577 g/mol. The molecule has 1 fully saturated rings. The number of ether oxygens (including phenoxy) is 1. The van der Waals surface area contributed by atoms with Gasteiger partial charge in [-0.15, -0.1) is 0 Å². The molecule has 1 aliphatic carbocycles. The monoisotopic (exact) mass is 576 g/mol. The minimum absolute atomic E-state index is 0.0682. The Balaban J connectivity index is 1.58. The molecule has 0 bridgehead atoms. The standard InChI is InChI=1S/C32H37ClN4O4/c1-2-41-27-20-18-26(19-21-27)37(30(39)13-8-12-29(38)36-28-11-6-7-22-34-28)31(23-14-16-24(33)17-15-23)32(40)35-25-9-4-3-5-10-25/h6-7,11,14-22,25,31H,2-5,8-10,12-13H2,1H3,(H,35,40)(H,34,36,38)/t31-/m1/s1. The largest absolute Gasteiger partial charge is 0.494 e. The molecule has 2 N–H and O–H groups in total. The van der Waals surface area contributed by atoms with E-state index in [9.17, 15) is 14.4 Å². The molecule has 4 rings (SSSR count). The highest BCUT2D eigenvalue weighted by Gasteiger charge is 2.34. The lowest BCUT2D eigenvalue weighted by Gasteiger charge is -2.33. The van der Waals surface area contributed by atoms with Crippen molar-refractivity contribution in [2.24, 2.45) is 0 Å². The number of benzene rings is 2. The molecule has 1 aliphatic rings. The van der Waals surface area contributed by atoms with Crippen molar-refractivity contribution < 1.29 is 19.1 Å². The minimum atomic E-state index is -0.915. The number of nitrogens with one attached hydrogen (secondary N) is 2. The van der Waals surface area contributed by atoms with Gasteiger partial charge in [-0.2, -0.15) is 0 Å². The van der Waals surface area contributed by atoms with Crippen molar-refractivity contribution in [2.45, 2.75) is 70.4 Å². The van der Waals surface area contributed by atoms with Crippen LogP contribution in [0.15, 0.2) is 72.9 Å². The van der Waals surface area contributed by atoms with Gasteiger partial charge in [0.2, 0.25) is 17.7 Å². The van der Waals surface area contributed by atoms with Crippen molar-refractivity contribution in [1.29, 1.82) is 0 Å². The molecule has 41 heavy (non-hydrogen) atoms. The molecule has 0 saturated heterocycles. The second-order valence-electron chi connectivity index (χ2n) is 10.1. The molecule has 9 heteroatoms. The van der Waals surface area contributed by atoms with Gasteiger partial charge >= 0.3 is 0 Å². The summed E-state index contributed by atoms with van der Waals surface area (Å²) in [6.07, 6.45) is 7.26. The number of amides is 3. The van der Waals surface area contributed by atoms with Crippen LogP contribution >= 0.6 is 11.6 Å². The lowest BCUT2D eigenvalue weighted by molar-refractivity contribution is -0.127. The summed E-state index contributed by atoms with van der Waals surface area (Å²) in [5.74, 6) is 0.396. The van der Waals surface area contributed by atoms with Crippen LogP contribution in [0.2, 0.25) is 5.02 Å². The summed E-state index contributed by atoms with van der Waals surface area (Å²) in [4.78, 5) is 46.0. The van der Waals surface area contributed by atoms with Crippen LogP contribution in [0.25, 0.3) is 0 Å². The molecular weight excluding hydrogens is 540 g/mol. The number of pyridine rings is 1. The number of carbonyl (C=O) groups excluding carboxylic acids is 3. The van der Waals surface area contributed by atoms with Gasteiger partial charge < -0.3 is 15.4 Å². The third kappa shape index (κ3) is 8.79. The topological polar surface area (TPSA) is 101 Å². The smallest absolute Gasteiger partial charge is 0.248 e. The van der Waals surface area contributed by atoms with Crippen LogP contribution in [0.5, 0.6) is 5.75 Å². The highest BCUT2D eigenvalue weighted by molar-refractivity contribution is 6.30. The molecule has 1 saturated carbocycles. The molecule has 0 radical (unpaired) electrons. The Morgan fingerprint density at radius 1 is 0.976 bits per heavy atom. The first-order valence-electron chi connectivity index (χ1n) is 14.3. The summed E-state index contributed by atoms with van der Waals surface area (Å²) in [6, 6.07) is 18.6. The average Bonchev–Trinajstić information content (AvgIpc) is 2.98. The Bertz CT molecular complexity index is 1280. The van der Waals surface area contributed by atoms with Crippen LogP contribution in [0.4, 0.5) is 11.5 Å². The fourth-order valence-corrected chi connectivity index (χ4v) is 5.19. The Labute approximate surface area is 246 Å². The predicted octanol–water partition coefficient (Wildman–Crippen LogP) is 6.47. The van der Waals surface area contributed by atoms with E-state index in [2.05, 4.69) is 15.6 Å². The number of hydrogen-bond acceptors (Lipinski definition) is 5. The minimum Gasteiger partial charge on any atom is -0.494 e. The second kappa shape index (κ2) is 15.2. The fourth-order valence-electron chi connectivity index (χ4n) is 5.06. The molecule has 216 valence electrons. The zero-order chi connectivity index (χ0) is 29.0. The SMILES string of the molecule is CCOc1ccc(N(C(=O)CCCC(=O)Nc2ccccn2)[C@@H](C(=O)NC2CCCCC2)c2ccc(Cl)cc2)cc1. The van der Waals surface area contributed by atoms with E-state index in [0.717, 1.165) is 32.1 Å². The van der Waals surface area contributed by atoms with Gasteiger partial charge in [0, 0.05) is 35.8 Å². The maximum atomic E-state index is 13.9. The lowest BCUT2D eigenvalue weighted by Crippen LogP contribution is -2.47. The zero-order valence-corrected chi connectivity index (χ0v) is 24.1. The Hall–Kier alpha value is -3.91. The summed E-state index contributed by atoms with van der Waals surface area (Å²) >= 11 is 6.18. The number of halogens is 1. The first-order valence-corrected chi connectivity index (χ1v) is 14.6. The van der Waals surface area contributed by atoms with Gasteiger partial charge in [-0.3, -0.25) is 19.3 Å². The van der Waals surface area contributed by atoms with Gasteiger partial charge in [0.1, 0.15) is 17.6 Å². The molecule has 2 aromatic carbocycles. The molecule has 3 aromatic rings. The molecule has 0 spiro atoms. The third-order valence-electron chi connectivity index (χ3n) is 7.07. The maximum Gasteiger partial charge on any atom is 0.248 e. The molecule has 1 atom stereocenters. The number of rotatable bonds is 12. The number of anilines is 2. The summed E-state index contributed by atoms with van der Waals surface area (Å²) in [5.41, 5.74) is 1.22. The van der Waals surface area contributed by atoms with Gasteiger partial charge in [0.05, 0.1) is 6.61 Å². The number of hydrogen-bond donors (Lipinski definition) is 2. The molecule has 0 unspecified atom stereocenters. The quantitative estimate of drug-likeness (QED) is 0.257. The number of carbonyl (C=O) groups is 3. The predicted molar refractivity (Wildman–Crippen MR) is 161 cm³/mol. The fraction of sp³-hybridized carbons (Fsp3) is 0.375. The van der Waals surface area contributed by atoms with Crippen molar-refractivity contribution in [3.8, 4) is 5.75 Å². The van der Waals surface area contributed by atoms with E-state index in [1.807, 2.05) is 6.92 Å². The molecule has 1 aromatic heterocycles. The summed E-state index contributed by atoms with van der Waals surface area (Å²) < 4.78 is 5.60. The van der Waals surface area contributed by atoms with E-state index >= 15 is 0 Å². The molecule has 1 heterocycles. The second-order valence-corrected chi connectivity index (χ2v) is 10.5. The van der Waals surface area contributed by atoms with Crippen LogP contribution in [-0.2, 0) is 14.4 Å². The Morgan fingerprint density at radius 3 is 2.37 bits per heavy atom. The first kappa shape index (κ1) is 30.1. The number of nitrogens with zero attached hydrogens (tertiary/aromatic N) is 2. The molecule has 3 amide bonds. The zero-order valence-electron chi connectivity index (χ0n) is 23.4. The normalized spacial score (nSPS) is 14.1. The Morgan fingerprint density at radius 2 is 1.71 bits per heavy atom. The van der Waals surface area contributed by atoms with Gasteiger partial charge in [0.15, 0.2) is 0 Å². The van der Waals surface area contributed by atoms with E-state index < -0.39 is 6.04 Å². The highest BCUT2D eigenvalue weighted by Crippen LogP contribution is 2.32. The summed E-state index contributed by atoms with van der Waals surface area (Å²) in [6.45, 7) is 2.42. The van der Waals surface area contributed by atoms with Gasteiger partial charge in [0.25, 0.3) is 0 Å². The molecular formula is C32H37ClN4O4. The highest BCUT2D eigenvalue weighted by atomic mass is 35.5. The van der Waals surface area contributed by atoms with E-state index in [1.54, 1.807) is 72.9 Å². The van der Waals surface area contributed by atoms with Crippen molar-refractivity contribution in [3.63, 3.8) is 0 Å². The third-order valence-corrected chi connectivity index (χ3v) is 7.32. The maximum absolute atomic E-state index is 13.9. The van der Waals surface area contributed by atoms with Crippen LogP contribution in [0, 0.1) is 0 Å². The summed E-state index contributed by atoms with van der Waals surface area (Å²) in [5, 5.41) is 6.50. The van der Waals surface area contributed by atoms with Crippen molar-refractivity contribution in [2.75, 3.05) is 16.8 Å². The summed E-state index contributed by atoms with van der Waals surface area (Å²) in [7, 11) is 0. The van der Waals surface area contributed by atoms with Crippen LogP contribution < -0.4 is 20.3 Å². The Kier molecular flexibility index (Phi) is 11.1. The van der Waals surface area contributed by atoms with Crippen molar-refractivity contribution in [1.82, 2.24) is 10.3 Å². The van der Waals surface area contributed by atoms with Gasteiger partial charge in [-0.1, -0.05) is 49.1 Å². The van der Waals surface area contributed by atoms with E-state index in [1.165, 1.54) is 4.90 Å². The van der Waals surface area contributed by atoms with Gasteiger partial charge in [-0.05, 0) is 80.3 Å². The van der Waals surface area contributed by atoms with Crippen LogP contribution in [0.3, 0.4) is 0 Å². The molecule has 8 nitrogen and oxygen atoms in total. The van der Waals surface area contributed by atoms with Crippen LogP contribution in [-0.4, -0.2) is 35.4 Å². The van der Waals surface area contributed by atoms with Crippen molar-refractivity contribution in [3.05, 3.63) is 83.5 Å². The van der Waals surface area contributed by atoms with Gasteiger partial charge in [-0.25, -0.2) is 4.98 Å². The van der Waals surface area contributed by atoms with E-state index in [-0.39, 0.29) is 36.6 Å².